The van der Waals surface area contributed by atoms with Crippen molar-refractivity contribution in [2.45, 2.75) is 0 Å². The van der Waals surface area contributed by atoms with E-state index < -0.39 is 29.0 Å². The van der Waals surface area contributed by atoms with Gasteiger partial charge in [-0.25, -0.2) is 18.2 Å². The second-order valence-corrected chi connectivity index (χ2v) is 5.43. The molecular weight excluding hydrogens is 357 g/mol. The van der Waals surface area contributed by atoms with Crippen LogP contribution < -0.4 is 10.6 Å². The van der Waals surface area contributed by atoms with Gasteiger partial charge < -0.3 is 10.6 Å². The van der Waals surface area contributed by atoms with Crippen molar-refractivity contribution in [3.8, 4) is 6.07 Å². The molecule has 0 saturated heterocycles. The fraction of sp³-hybridized carbons (Fsp3) is 0. The maximum atomic E-state index is 13.6. The van der Waals surface area contributed by atoms with Crippen LogP contribution in [0.25, 0.3) is 0 Å². The number of anilines is 3. The number of halogens is 3. The Bertz CT molecular complexity index is 1050. The first kappa shape index (κ1) is 17.9. The summed E-state index contributed by atoms with van der Waals surface area (Å²) >= 11 is 0. The molecule has 1 amide bonds. The monoisotopic (exact) mass is 368 g/mol. The van der Waals surface area contributed by atoms with Crippen LogP contribution in [0.2, 0.25) is 0 Å². The van der Waals surface area contributed by atoms with Gasteiger partial charge >= 0.3 is 0 Å². The van der Waals surface area contributed by atoms with E-state index in [1.54, 1.807) is 24.3 Å². The molecule has 2 aromatic carbocycles. The number of nitrogens with one attached hydrogen (secondary N) is 2. The number of nitrogens with zero attached hydrogens (tertiary/aromatic N) is 2. The molecule has 0 atom stereocenters. The topological polar surface area (TPSA) is 77.8 Å². The van der Waals surface area contributed by atoms with Crippen molar-refractivity contribution in [1.29, 1.82) is 5.26 Å². The Labute approximate surface area is 152 Å². The third-order valence-corrected chi connectivity index (χ3v) is 3.57. The minimum Gasteiger partial charge on any atom is -0.340 e. The molecule has 3 rings (SSSR count). The van der Waals surface area contributed by atoms with Gasteiger partial charge in [0.05, 0.1) is 22.9 Å². The largest absolute Gasteiger partial charge is 0.340 e. The number of carbonyl (C=O) groups is 1. The molecule has 0 aliphatic heterocycles. The first-order valence-corrected chi connectivity index (χ1v) is 7.66. The van der Waals surface area contributed by atoms with E-state index in [0.717, 1.165) is 6.07 Å². The summed E-state index contributed by atoms with van der Waals surface area (Å²) in [5.41, 5.74) is 0.733. The fourth-order valence-electron chi connectivity index (χ4n) is 2.23. The summed E-state index contributed by atoms with van der Waals surface area (Å²) in [6, 6.07) is 13.3. The van der Waals surface area contributed by atoms with Gasteiger partial charge in [0.25, 0.3) is 5.91 Å². The lowest BCUT2D eigenvalue weighted by molar-refractivity contribution is 0.102. The summed E-state index contributed by atoms with van der Waals surface area (Å²) in [4.78, 5) is 16.2. The zero-order valence-corrected chi connectivity index (χ0v) is 13.6. The molecule has 1 heterocycles. The van der Waals surface area contributed by atoms with Crippen LogP contribution >= 0.6 is 0 Å². The van der Waals surface area contributed by atoms with Crippen LogP contribution in [0.5, 0.6) is 0 Å². The summed E-state index contributed by atoms with van der Waals surface area (Å²) in [6.07, 6.45) is 1.24. The SMILES string of the molecule is N#Cc1cccc(Nc2ccc(C(=O)Nc3ccc(F)c(F)c3F)cn2)c1. The summed E-state index contributed by atoms with van der Waals surface area (Å²) in [6.45, 7) is 0. The van der Waals surface area contributed by atoms with Crippen molar-refractivity contribution in [2.75, 3.05) is 10.6 Å². The van der Waals surface area contributed by atoms with Gasteiger partial charge in [0.1, 0.15) is 5.82 Å². The van der Waals surface area contributed by atoms with Gasteiger partial charge in [-0.2, -0.15) is 5.26 Å². The van der Waals surface area contributed by atoms with Crippen LogP contribution in [0, 0.1) is 28.8 Å². The standard InChI is InChI=1S/C19H11F3N4O/c20-14-5-6-15(18(22)17(14)21)26-19(27)12-4-7-16(24-10-12)25-13-3-1-2-11(8-13)9-23/h1-8,10H,(H,24,25)(H,26,27). The third-order valence-electron chi connectivity index (χ3n) is 3.57. The Morgan fingerprint density at radius 2 is 1.85 bits per heavy atom. The molecule has 2 N–H and O–H groups in total. The number of hydrogen-bond donors (Lipinski definition) is 2. The first-order chi connectivity index (χ1) is 13.0. The van der Waals surface area contributed by atoms with E-state index in [2.05, 4.69) is 15.6 Å². The Morgan fingerprint density at radius 3 is 2.56 bits per heavy atom. The van der Waals surface area contributed by atoms with Crippen molar-refractivity contribution in [3.63, 3.8) is 0 Å². The molecule has 0 fully saturated rings. The average Bonchev–Trinajstić information content (AvgIpc) is 2.69. The van der Waals surface area contributed by atoms with Gasteiger partial charge in [-0.15, -0.1) is 0 Å². The minimum atomic E-state index is -1.66. The number of benzene rings is 2. The minimum absolute atomic E-state index is 0.0930. The molecule has 0 radical (unpaired) electrons. The van der Waals surface area contributed by atoms with E-state index in [0.29, 0.717) is 23.1 Å². The van der Waals surface area contributed by atoms with Gasteiger partial charge in [-0.3, -0.25) is 4.79 Å². The maximum absolute atomic E-state index is 13.6. The van der Waals surface area contributed by atoms with Crippen LogP contribution in [0.15, 0.2) is 54.7 Å². The predicted octanol–water partition coefficient (Wildman–Crippen LogP) is 4.37. The normalized spacial score (nSPS) is 10.1. The van der Waals surface area contributed by atoms with E-state index in [9.17, 15) is 18.0 Å². The second kappa shape index (κ2) is 7.58. The number of aromatic nitrogens is 1. The van der Waals surface area contributed by atoms with Gasteiger partial charge in [-0.1, -0.05) is 6.07 Å². The van der Waals surface area contributed by atoms with E-state index in [4.69, 9.17) is 5.26 Å². The summed E-state index contributed by atoms with van der Waals surface area (Å²) in [7, 11) is 0. The highest BCUT2D eigenvalue weighted by Crippen LogP contribution is 2.21. The molecule has 134 valence electrons. The molecule has 8 heteroatoms. The highest BCUT2D eigenvalue weighted by molar-refractivity contribution is 6.04. The summed E-state index contributed by atoms with van der Waals surface area (Å²) in [5.74, 6) is -4.80. The highest BCUT2D eigenvalue weighted by atomic mass is 19.2. The van der Waals surface area contributed by atoms with Crippen molar-refractivity contribution in [1.82, 2.24) is 4.98 Å². The van der Waals surface area contributed by atoms with E-state index in [1.807, 2.05) is 6.07 Å². The molecular formula is C19H11F3N4O. The highest BCUT2D eigenvalue weighted by Gasteiger charge is 2.16. The molecule has 5 nitrogen and oxygen atoms in total. The van der Waals surface area contributed by atoms with E-state index in [1.165, 1.54) is 18.3 Å². The number of amides is 1. The van der Waals surface area contributed by atoms with Crippen LogP contribution in [-0.2, 0) is 0 Å². The average molecular weight is 368 g/mol. The molecule has 0 spiro atoms. The molecule has 1 aromatic heterocycles. The number of pyridine rings is 1. The van der Waals surface area contributed by atoms with Crippen molar-refractivity contribution < 1.29 is 18.0 Å². The number of rotatable bonds is 4. The van der Waals surface area contributed by atoms with Crippen molar-refractivity contribution >= 4 is 23.1 Å². The van der Waals surface area contributed by atoms with E-state index >= 15 is 0 Å². The van der Waals surface area contributed by atoms with Crippen LogP contribution in [0.4, 0.5) is 30.4 Å². The fourth-order valence-corrected chi connectivity index (χ4v) is 2.23. The molecule has 0 aliphatic rings. The van der Waals surface area contributed by atoms with E-state index in [-0.39, 0.29) is 5.56 Å². The molecule has 3 aromatic rings. The van der Waals surface area contributed by atoms with Crippen molar-refractivity contribution in [3.05, 3.63) is 83.3 Å². The van der Waals surface area contributed by atoms with Crippen LogP contribution in [-0.4, -0.2) is 10.9 Å². The third kappa shape index (κ3) is 4.04. The Kier molecular flexibility index (Phi) is 5.04. The quantitative estimate of drug-likeness (QED) is 0.671. The smallest absolute Gasteiger partial charge is 0.257 e. The Balaban J connectivity index is 1.72. The molecule has 27 heavy (non-hydrogen) atoms. The predicted molar refractivity (Wildman–Crippen MR) is 92.9 cm³/mol. The summed E-state index contributed by atoms with van der Waals surface area (Å²) < 4.78 is 39.8. The number of carbonyl (C=O) groups excluding carboxylic acids is 1. The second-order valence-electron chi connectivity index (χ2n) is 5.43. The summed E-state index contributed by atoms with van der Waals surface area (Å²) in [5, 5.41) is 14.0. The zero-order valence-electron chi connectivity index (χ0n) is 13.6. The van der Waals surface area contributed by atoms with Crippen molar-refractivity contribution in [2.24, 2.45) is 0 Å². The molecule has 0 aliphatic carbocycles. The Hall–Kier alpha value is -3.86. The van der Waals surface area contributed by atoms with Crippen LogP contribution in [0.1, 0.15) is 15.9 Å². The van der Waals surface area contributed by atoms with Gasteiger partial charge in [0, 0.05) is 11.9 Å². The molecule has 0 saturated carbocycles. The number of hydrogen-bond acceptors (Lipinski definition) is 4. The lowest BCUT2D eigenvalue weighted by Gasteiger charge is -2.09. The maximum Gasteiger partial charge on any atom is 0.257 e. The van der Waals surface area contributed by atoms with Gasteiger partial charge in [0.2, 0.25) is 0 Å². The first-order valence-electron chi connectivity index (χ1n) is 7.66. The lowest BCUT2D eigenvalue weighted by atomic mass is 10.2. The zero-order chi connectivity index (χ0) is 19.4. The van der Waals surface area contributed by atoms with Gasteiger partial charge in [0.15, 0.2) is 17.5 Å². The molecule has 0 unspecified atom stereocenters. The van der Waals surface area contributed by atoms with Gasteiger partial charge in [-0.05, 0) is 42.5 Å². The number of nitriles is 1. The van der Waals surface area contributed by atoms with Crippen LogP contribution in [0.3, 0.4) is 0 Å². The molecule has 0 bridgehead atoms. The lowest BCUT2D eigenvalue weighted by Crippen LogP contribution is -2.14. The Morgan fingerprint density at radius 1 is 1.04 bits per heavy atom.